The van der Waals surface area contributed by atoms with Crippen molar-refractivity contribution in [3.63, 3.8) is 0 Å². The summed E-state index contributed by atoms with van der Waals surface area (Å²) >= 11 is 11.4. The van der Waals surface area contributed by atoms with Crippen LogP contribution in [0.1, 0.15) is 38.1 Å². The molecule has 0 N–H and O–H groups in total. The van der Waals surface area contributed by atoms with Gasteiger partial charge in [0, 0.05) is 0 Å². The first-order chi connectivity index (χ1) is 6.66. The van der Waals surface area contributed by atoms with E-state index >= 15 is 0 Å². The SMILES string of the molecule is CCCCC(F)c1ncnc(Cl)c1Cl. The minimum Gasteiger partial charge on any atom is -0.241 e. The maximum absolute atomic E-state index is 13.5. The molecule has 0 aliphatic carbocycles. The average molecular weight is 237 g/mol. The third-order valence-corrected chi connectivity index (χ3v) is 2.64. The molecule has 2 nitrogen and oxygen atoms in total. The van der Waals surface area contributed by atoms with E-state index in [2.05, 4.69) is 9.97 Å². The van der Waals surface area contributed by atoms with Gasteiger partial charge in [0.2, 0.25) is 0 Å². The van der Waals surface area contributed by atoms with Gasteiger partial charge in [0.15, 0.2) is 5.15 Å². The Hall–Kier alpha value is -0.410. The standard InChI is InChI=1S/C9H11Cl2FN2/c1-2-3-4-6(12)8-7(10)9(11)14-5-13-8/h5-6H,2-4H2,1H3. The Balaban J connectivity index is 2.79. The van der Waals surface area contributed by atoms with E-state index in [-0.39, 0.29) is 15.9 Å². The molecule has 0 aliphatic rings. The van der Waals surface area contributed by atoms with E-state index in [1.807, 2.05) is 6.92 Å². The van der Waals surface area contributed by atoms with E-state index in [1.54, 1.807) is 0 Å². The van der Waals surface area contributed by atoms with Crippen molar-refractivity contribution >= 4 is 23.2 Å². The number of hydrogen-bond acceptors (Lipinski definition) is 2. The van der Waals surface area contributed by atoms with Gasteiger partial charge in [-0.15, -0.1) is 0 Å². The lowest BCUT2D eigenvalue weighted by molar-refractivity contribution is 0.308. The smallest absolute Gasteiger partial charge is 0.151 e. The van der Waals surface area contributed by atoms with Crippen LogP contribution < -0.4 is 0 Å². The molecular weight excluding hydrogens is 226 g/mol. The molecule has 0 fully saturated rings. The molecule has 0 spiro atoms. The van der Waals surface area contributed by atoms with Crippen molar-refractivity contribution in [2.45, 2.75) is 32.4 Å². The monoisotopic (exact) mass is 236 g/mol. The van der Waals surface area contributed by atoms with Gasteiger partial charge < -0.3 is 0 Å². The van der Waals surface area contributed by atoms with Crippen molar-refractivity contribution < 1.29 is 4.39 Å². The number of rotatable bonds is 4. The van der Waals surface area contributed by atoms with Crippen LogP contribution in [0.25, 0.3) is 0 Å². The minimum atomic E-state index is -1.15. The molecule has 1 aromatic heterocycles. The van der Waals surface area contributed by atoms with Crippen LogP contribution in [0.3, 0.4) is 0 Å². The van der Waals surface area contributed by atoms with Crippen LogP contribution in [-0.2, 0) is 0 Å². The number of hydrogen-bond donors (Lipinski definition) is 0. The third-order valence-electron chi connectivity index (χ3n) is 1.88. The fraction of sp³-hybridized carbons (Fsp3) is 0.556. The van der Waals surface area contributed by atoms with Crippen LogP contribution >= 0.6 is 23.2 Å². The van der Waals surface area contributed by atoms with Gasteiger partial charge in [0.25, 0.3) is 0 Å². The fourth-order valence-electron chi connectivity index (χ4n) is 1.10. The highest BCUT2D eigenvalue weighted by Gasteiger charge is 2.17. The number of halogens is 3. The van der Waals surface area contributed by atoms with Crippen molar-refractivity contribution in [1.82, 2.24) is 9.97 Å². The Bertz CT molecular complexity index is 307. The zero-order valence-corrected chi connectivity index (χ0v) is 9.32. The summed E-state index contributed by atoms with van der Waals surface area (Å²) < 4.78 is 13.5. The highest BCUT2D eigenvalue weighted by atomic mass is 35.5. The molecule has 1 unspecified atom stereocenters. The van der Waals surface area contributed by atoms with Crippen molar-refractivity contribution in [3.05, 3.63) is 22.2 Å². The van der Waals surface area contributed by atoms with Crippen LogP contribution in [0.4, 0.5) is 4.39 Å². The average Bonchev–Trinajstić information content (AvgIpc) is 2.18. The van der Waals surface area contributed by atoms with E-state index in [1.165, 1.54) is 6.33 Å². The van der Waals surface area contributed by atoms with E-state index in [9.17, 15) is 4.39 Å². The second-order valence-electron chi connectivity index (χ2n) is 2.97. The Labute approximate surface area is 92.5 Å². The van der Waals surface area contributed by atoms with Gasteiger partial charge in [-0.2, -0.15) is 0 Å². The molecule has 1 aromatic rings. The summed E-state index contributed by atoms with van der Waals surface area (Å²) in [5.74, 6) is 0. The lowest BCUT2D eigenvalue weighted by atomic mass is 10.1. The number of unbranched alkanes of at least 4 members (excludes halogenated alkanes) is 1. The van der Waals surface area contributed by atoms with E-state index in [0.717, 1.165) is 12.8 Å². The molecule has 0 radical (unpaired) electrons. The van der Waals surface area contributed by atoms with E-state index < -0.39 is 6.17 Å². The summed E-state index contributed by atoms with van der Waals surface area (Å²) in [7, 11) is 0. The zero-order chi connectivity index (χ0) is 10.6. The predicted molar refractivity (Wildman–Crippen MR) is 55.4 cm³/mol. The van der Waals surface area contributed by atoms with Crippen LogP contribution in [0, 0.1) is 0 Å². The third kappa shape index (κ3) is 2.79. The normalized spacial score (nSPS) is 12.9. The van der Waals surface area contributed by atoms with Gasteiger partial charge >= 0.3 is 0 Å². The topological polar surface area (TPSA) is 25.8 Å². The fourth-order valence-corrected chi connectivity index (χ4v) is 1.46. The Morgan fingerprint density at radius 3 is 2.79 bits per heavy atom. The van der Waals surface area contributed by atoms with Crippen LogP contribution in [-0.4, -0.2) is 9.97 Å². The molecule has 5 heteroatoms. The summed E-state index contributed by atoms with van der Waals surface area (Å²) in [5, 5.41) is 0.230. The first-order valence-electron chi connectivity index (χ1n) is 4.46. The highest BCUT2D eigenvalue weighted by Crippen LogP contribution is 2.30. The van der Waals surface area contributed by atoms with Gasteiger partial charge in [0.1, 0.15) is 17.5 Å². The molecule has 78 valence electrons. The number of aromatic nitrogens is 2. The molecule has 14 heavy (non-hydrogen) atoms. The molecule has 1 heterocycles. The summed E-state index contributed by atoms with van der Waals surface area (Å²) in [6, 6.07) is 0. The Morgan fingerprint density at radius 1 is 1.43 bits per heavy atom. The van der Waals surface area contributed by atoms with Crippen molar-refractivity contribution in [1.29, 1.82) is 0 Å². The Kier molecular flexibility index (Phi) is 4.55. The lowest BCUT2D eigenvalue weighted by Gasteiger charge is -2.08. The van der Waals surface area contributed by atoms with Crippen molar-refractivity contribution in [2.75, 3.05) is 0 Å². The molecule has 0 saturated heterocycles. The maximum atomic E-state index is 13.5. The van der Waals surface area contributed by atoms with Crippen LogP contribution in [0.15, 0.2) is 6.33 Å². The van der Waals surface area contributed by atoms with Crippen molar-refractivity contribution in [2.24, 2.45) is 0 Å². The zero-order valence-electron chi connectivity index (χ0n) is 7.80. The molecule has 0 aliphatic heterocycles. The van der Waals surface area contributed by atoms with E-state index in [0.29, 0.717) is 6.42 Å². The first-order valence-corrected chi connectivity index (χ1v) is 5.22. The molecule has 0 aromatic carbocycles. The molecule has 0 saturated carbocycles. The second-order valence-corrected chi connectivity index (χ2v) is 3.71. The summed E-state index contributed by atoms with van der Waals surface area (Å²) in [6.45, 7) is 2.00. The quantitative estimate of drug-likeness (QED) is 0.740. The summed E-state index contributed by atoms with van der Waals surface area (Å²) in [4.78, 5) is 7.45. The molecule has 1 atom stereocenters. The Morgan fingerprint density at radius 2 is 2.14 bits per heavy atom. The number of alkyl halides is 1. The molecule has 0 amide bonds. The van der Waals surface area contributed by atoms with Crippen LogP contribution in [0.2, 0.25) is 10.2 Å². The van der Waals surface area contributed by atoms with Gasteiger partial charge in [-0.3, -0.25) is 0 Å². The van der Waals surface area contributed by atoms with Gasteiger partial charge in [-0.05, 0) is 6.42 Å². The minimum absolute atomic E-state index is 0.107. The number of nitrogens with zero attached hydrogens (tertiary/aromatic N) is 2. The maximum Gasteiger partial charge on any atom is 0.151 e. The molecule has 1 rings (SSSR count). The van der Waals surface area contributed by atoms with Crippen LogP contribution in [0.5, 0.6) is 0 Å². The molecule has 0 bridgehead atoms. The summed E-state index contributed by atoms with van der Waals surface area (Å²) in [6.07, 6.45) is 2.24. The summed E-state index contributed by atoms with van der Waals surface area (Å²) in [5.41, 5.74) is 0.195. The van der Waals surface area contributed by atoms with E-state index in [4.69, 9.17) is 23.2 Å². The van der Waals surface area contributed by atoms with Crippen molar-refractivity contribution in [3.8, 4) is 0 Å². The molecular formula is C9H11Cl2FN2. The lowest BCUT2D eigenvalue weighted by Crippen LogP contribution is -1.98. The van der Waals surface area contributed by atoms with Gasteiger partial charge in [-0.1, -0.05) is 43.0 Å². The second kappa shape index (κ2) is 5.47. The van der Waals surface area contributed by atoms with Gasteiger partial charge in [-0.25, -0.2) is 14.4 Å². The predicted octanol–water partition coefficient (Wildman–Crippen LogP) is 3.98. The van der Waals surface area contributed by atoms with Gasteiger partial charge in [0.05, 0.1) is 5.69 Å². The largest absolute Gasteiger partial charge is 0.241 e. The highest BCUT2D eigenvalue weighted by molar-refractivity contribution is 6.41. The first kappa shape index (κ1) is 11.7.